The Bertz CT molecular complexity index is 161. The first-order valence-electron chi connectivity index (χ1n) is 1.78. The highest BCUT2D eigenvalue weighted by Gasteiger charge is 1.85. The zero-order valence-corrected chi connectivity index (χ0v) is 4.74. The van der Waals surface area contributed by atoms with Crippen molar-refractivity contribution in [2.75, 3.05) is 0 Å². The monoisotopic (exact) mass is 129 g/mol. The van der Waals surface area contributed by atoms with Gasteiger partial charge in [-0.3, -0.25) is 5.41 Å². The molecule has 3 nitrogen and oxygen atoms in total. The fraction of sp³-hybridized carbons (Fsp3) is 0. The normalized spacial score (nSPS) is 10.2. The average Bonchev–Trinajstić information content (AvgIpc) is 1.65. The summed E-state index contributed by atoms with van der Waals surface area (Å²) >= 11 is 5.10. The van der Waals surface area contributed by atoms with Crippen molar-refractivity contribution in [2.45, 2.75) is 0 Å². The molecule has 0 aliphatic carbocycles. The molecule has 8 heavy (non-hydrogen) atoms. The van der Waals surface area contributed by atoms with E-state index in [0.717, 1.165) is 6.08 Å². The van der Waals surface area contributed by atoms with E-state index in [-0.39, 0.29) is 10.9 Å². The van der Waals surface area contributed by atoms with Gasteiger partial charge in [0.05, 0.1) is 0 Å². The standard InChI is InChI=1S/C4H4ClN3/c5-4(8)1-3(7)2-6/h1,7H,8H2/b4-1-,7-3?. The lowest BCUT2D eigenvalue weighted by atomic mass is 10.4. The lowest BCUT2D eigenvalue weighted by Gasteiger charge is -1.80. The minimum Gasteiger partial charge on any atom is -0.389 e. The topological polar surface area (TPSA) is 73.7 Å². The first kappa shape index (κ1) is 6.99. The predicted molar refractivity (Wildman–Crippen MR) is 31.5 cm³/mol. The van der Waals surface area contributed by atoms with Crippen LogP contribution >= 0.6 is 11.6 Å². The number of nitriles is 1. The summed E-state index contributed by atoms with van der Waals surface area (Å²) in [6.45, 7) is 0. The van der Waals surface area contributed by atoms with E-state index >= 15 is 0 Å². The predicted octanol–water partition coefficient (Wildman–Crippen LogP) is 0.569. The van der Waals surface area contributed by atoms with Crippen LogP contribution in [0.25, 0.3) is 0 Å². The molecule has 0 bridgehead atoms. The van der Waals surface area contributed by atoms with Gasteiger partial charge in [-0.05, 0) is 0 Å². The molecule has 0 saturated heterocycles. The molecule has 0 spiro atoms. The van der Waals surface area contributed by atoms with Gasteiger partial charge in [0, 0.05) is 6.08 Å². The third-order valence-electron chi connectivity index (χ3n) is 0.403. The molecule has 0 atom stereocenters. The number of rotatable bonds is 1. The van der Waals surface area contributed by atoms with Crippen LogP contribution in [0.3, 0.4) is 0 Å². The van der Waals surface area contributed by atoms with E-state index in [1.54, 1.807) is 0 Å². The molecule has 0 radical (unpaired) electrons. The van der Waals surface area contributed by atoms with E-state index in [0.29, 0.717) is 0 Å². The van der Waals surface area contributed by atoms with Crippen LogP contribution in [-0.4, -0.2) is 5.71 Å². The second kappa shape index (κ2) is 3.05. The number of hydrogen-bond acceptors (Lipinski definition) is 3. The minimum absolute atomic E-state index is 0.0449. The maximum absolute atomic E-state index is 7.95. The van der Waals surface area contributed by atoms with E-state index < -0.39 is 0 Å². The van der Waals surface area contributed by atoms with Gasteiger partial charge >= 0.3 is 0 Å². The molecule has 42 valence electrons. The number of allylic oxidation sites excluding steroid dienone is 1. The number of hydrogen-bond donors (Lipinski definition) is 2. The summed E-state index contributed by atoms with van der Waals surface area (Å²) in [5.74, 6) is 0. The van der Waals surface area contributed by atoms with Crippen molar-refractivity contribution in [3.63, 3.8) is 0 Å². The quantitative estimate of drug-likeness (QED) is 0.401. The van der Waals surface area contributed by atoms with Crippen LogP contribution in [0.15, 0.2) is 11.2 Å². The second-order valence-corrected chi connectivity index (χ2v) is 1.49. The van der Waals surface area contributed by atoms with E-state index in [2.05, 4.69) is 0 Å². The van der Waals surface area contributed by atoms with Crippen molar-refractivity contribution < 1.29 is 0 Å². The Kier molecular flexibility index (Phi) is 2.67. The summed E-state index contributed by atoms with van der Waals surface area (Å²) in [6.07, 6.45) is 1.07. The fourth-order valence-electron chi connectivity index (χ4n) is 0.170. The molecule has 0 aromatic carbocycles. The molecule has 0 aromatic rings. The van der Waals surface area contributed by atoms with Crippen LogP contribution in [0.5, 0.6) is 0 Å². The second-order valence-electron chi connectivity index (χ2n) is 1.05. The van der Waals surface area contributed by atoms with Gasteiger partial charge in [-0.1, -0.05) is 11.6 Å². The number of halogens is 1. The zero-order chi connectivity index (χ0) is 6.57. The Morgan fingerprint density at radius 2 is 2.38 bits per heavy atom. The molecule has 0 aromatic heterocycles. The van der Waals surface area contributed by atoms with Crippen LogP contribution in [0, 0.1) is 16.7 Å². The zero-order valence-electron chi connectivity index (χ0n) is 3.98. The molecular formula is C4H4ClN3. The van der Waals surface area contributed by atoms with Gasteiger partial charge in [0.2, 0.25) is 0 Å². The summed E-state index contributed by atoms with van der Waals surface area (Å²) < 4.78 is 0. The molecule has 0 aliphatic rings. The Morgan fingerprint density at radius 3 is 2.50 bits per heavy atom. The Morgan fingerprint density at radius 1 is 1.88 bits per heavy atom. The molecule has 0 saturated carbocycles. The van der Waals surface area contributed by atoms with Gasteiger partial charge in [-0.15, -0.1) is 0 Å². The summed E-state index contributed by atoms with van der Waals surface area (Å²) in [5.41, 5.74) is 4.67. The van der Waals surface area contributed by atoms with E-state index in [9.17, 15) is 0 Å². The van der Waals surface area contributed by atoms with Crippen LogP contribution < -0.4 is 5.73 Å². The molecule has 0 unspecified atom stereocenters. The maximum atomic E-state index is 7.95. The molecule has 0 fully saturated rings. The maximum Gasteiger partial charge on any atom is 0.135 e. The van der Waals surface area contributed by atoms with E-state index in [1.807, 2.05) is 0 Å². The van der Waals surface area contributed by atoms with Gasteiger partial charge in [0.15, 0.2) is 0 Å². The SMILES string of the molecule is N#CC(=N)/C=C(\N)Cl. The van der Waals surface area contributed by atoms with Crippen LogP contribution in [-0.2, 0) is 0 Å². The molecular weight excluding hydrogens is 126 g/mol. The molecule has 0 aliphatic heterocycles. The summed E-state index contributed by atoms with van der Waals surface area (Å²) in [7, 11) is 0. The van der Waals surface area contributed by atoms with Crippen molar-refractivity contribution in [1.82, 2.24) is 0 Å². The first-order valence-corrected chi connectivity index (χ1v) is 2.16. The van der Waals surface area contributed by atoms with Crippen LogP contribution in [0.2, 0.25) is 0 Å². The van der Waals surface area contributed by atoms with Crippen molar-refractivity contribution in [3.8, 4) is 6.07 Å². The van der Waals surface area contributed by atoms with E-state index in [1.165, 1.54) is 6.07 Å². The van der Waals surface area contributed by atoms with Crippen molar-refractivity contribution >= 4 is 17.3 Å². The Balaban J connectivity index is 3.95. The van der Waals surface area contributed by atoms with Gasteiger partial charge in [0.1, 0.15) is 16.9 Å². The minimum atomic E-state index is -0.238. The summed E-state index contributed by atoms with van der Waals surface area (Å²) in [6, 6.07) is 1.54. The largest absolute Gasteiger partial charge is 0.389 e. The molecule has 4 heteroatoms. The van der Waals surface area contributed by atoms with Gasteiger partial charge < -0.3 is 5.73 Å². The molecule has 0 rings (SSSR count). The molecule has 3 N–H and O–H groups in total. The van der Waals surface area contributed by atoms with Gasteiger partial charge in [0.25, 0.3) is 0 Å². The van der Waals surface area contributed by atoms with Gasteiger partial charge in [-0.2, -0.15) is 5.26 Å². The highest BCUT2D eigenvalue weighted by molar-refractivity contribution is 6.31. The lowest BCUT2D eigenvalue weighted by Crippen LogP contribution is -1.92. The third-order valence-corrected chi connectivity index (χ3v) is 0.512. The van der Waals surface area contributed by atoms with Crippen molar-refractivity contribution in [3.05, 3.63) is 11.2 Å². The van der Waals surface area contributed by atoms with Crippen LogP contribution in [0.4, 0.5) is 0 Å². The average molecular weight is 130 g/mol. The highest BCUT2D eigenvalue weighted by Crippen LogP contribution is 1.88. The fourth-order valence-corrected chi connectivity index (χ4v) is 0.279. The molecule has 0 amide bonds. The first-order chi connectivity index (χ1) is 3.66. The van der Waals surface area contributed by atoms with Crippen molar-refractivity contribution in [2.24, 2.45) is 5.73 Å². The third kappa shape index (κ3) is 3.19. The number of nitrogens with one attached hydrogen (secondary N) is 1. The lowest BCUT2D eigenvalue weighted by molar-refractivity contribution is 1.47. The van der Waals surface area contributed by atoms with Crippen LogP contribution in [0.1, 0.15) is 0 Å². The molecule has 0 heterocycles. The summed E-state index contributed by atoms with van der Waals surface area (Å²) in [5, 5.41) is 14.6. The summed E-state index contributed by atoms with van der Waals surface area (Å²) in [4.78, 5) is 0. The van der Waals surface area contributed by atoms with E-state index in [4.69, 9.17) is 28.0 Å². The smallest absolute Gasteiger partial charge is 0.135 e. The Labute approximate surface area is 51.9 Å². The number of nitrogens with zero attached hydrogens (tertiary/aromatic N) is 1. The highest BCUT2D eigenvalue weighted by atomic mass is 35.5. The number of nitrogens with two attached hydrogens (primary N) is 1. The van der Waals surface area contributed by atoms with Crippen molar-refractivity contribution in [1.29, 1.82) is 10.7 Å². The van der Waals surface area contributed by atoms with Gasteiger partial charge in [-0.25, -0.2) is 0 Å². The Hall–Kier alpha value is -1.01.